The standard InChI is InChI=1S/C18H21N.C14H14N4O/c1-4-10-16(11-5-1)18(17-12-6-2-7-13-17)19-14-8-3-9-15-19;15-7-12-1-3-13(4-2-12)9-18-10-17-8-14(18)5-6-16-11-19/h1-2,4-7,10-13,18H,3,8-9,14-15H2;1-4,8,10-11H,5-6,9H2,(H,16,19). The van der Waals surface area contributed by atoms with Gasteiger partial charge in [0.2, 0.25) is 6.41 Å². The highest BCUT2D eigenvalue weighted by Crippen LogP contribution is 2.30. The molecule has 0 unspecified atom stereocenters. The van der Waals surface area contributed by atoms with E-state index in [4.69, 9.17) is 5.26 Å². The summed E-state index contributed by atoms with van der Waals surface area (Å²) >= 11 is 0. The van der Waals surface area contributed by atoms with E-state index in [1.54, 1.807) is 24.7 Å². The van der Waals surface area contributed by atoms with E-state index < -0.39 is 0 Å². The lowest BCUT2D eigenvalue weighted by Gasteiger charge is -2.35. The number of likely N-dealkylation sites (tertiary alicyclic amines) is 1. The summed E-state index contributed by atoms with van der Waals surface area (Å²) in [5.41, 5.74) is 5.66. The summed E-state index contributed by atoms with van der Waals surface area (Å²) in [7, 11) is 0. The number of aromatic nitrogens is 2. The Balaban J connectivity index is 0.000000177. The zero-order valence-electron chi connectivity index (χ0n) is 21.7. The molecule has 0 spiro atoms. The van der Waals surface area contributed by atoms with Crippen molar-refractivity contribution in [2.75, 3.05) is 19.6 Å². The molecule has 2 heterocycles. The topological polar surface area (TPSA) is 74.0 Å². The van der Waals surface area contributed by atoms with Gasteiger partial charge in [-0.05, 0) is 54.8 Å². The molecule has 1 aromatic heterocycles. The van der Waals surface area contributed by atoms with Crippen molar-refractivity contribution >= 4 is 6.41 Å². The Morgan fingerprint density at radius 2 is 1.53 bits per heavy atom. The van der Waals surface area contributed by atoms with Crippen LogP contribution in [0.4, 0.5) is 0 Å². The monoisotopic (exact) mass is 505 g/mol. The van der Waals surface area contributed by atoms with Gasteiger partial charge in [0.1, 0.15) is 0 Å². The molecule has 1 aliphatic rings. The van der Waals surface area contributed by atoms with Crippen molar-refractivity contribution < 1.29 is 4.79 Å². The fourth-order valence-corrected chi connectivity index (χ4v) is 4.90. The first-order chi connectivity index (χ1) is 18.8. The molecule has 38 heavy (non-hydrogen) atoms. The number of carbonyl (C=O) groups is 1. The molecular weight excluding hydrogens is 470 g/mol. The van der Waals surface area contributed by atoms with Gasteiger partial charge in [-0.25, -0.2) is 4.98 Å². The normalized spacial score (nSPS) is 13.3. The summed E-state index contributed by atoms with van der Waals surface area (Å²) in [5.74, 6) is 0. The van der Waals surface area contributed by atoms with Crippen molar-refractivity contribution in [2.45, 2.75) is 38.3 Å². The van der Waals surface area contributed by atoms with Gasteiger partial charge in [-0.2, -0.15) is 5.26 Å². The number of carbonyl (C=O) groups excluding carboxylic acids is 1. The van der Waals surface area contributed by atoms with Crippen LogP contribution >= 0.6 is 0 Å². The summed E-state index contributed by atoms with van der Waals surface area (Å²) in [5, 5.41) is 11.4. The first kappa shape index (κ1) is 26.8. The zero-order valence-corrected chi connectivity index (χ0v) is 21.7. The second-order valence-corrected chi connectivity index (χ2v) is 9.46. The maximum absolute atomic E-state index is 10.2. The minimum absolute atomic E-state index is 0.419. The molecule has 0 radical (unpaired) electrons. The second kappa shape index (κ2) is 14.5. The van der Waals surface area contributed by atoms with Crippen LogP contribution in [-0.2, 0) is 17.8 Å². The molecule has 1 aliphatic heterocycles. The number of piperidine rings is 1. The van der Waals surface area contributed by atoms with Gasteiger partial charge >= 0.3 is 0 Å². The highest BCUT2D eigenvalue weighted by atomic mass is 16.1. The Bertz CT molecular complexity index is 1230. The third-order valence-electron chi connectivity index (χ3n) is 6.83. The van der Waals surface area contributed by atoms with Crippen LogP contribution in [0.5, 0.6) is 0 Å². The predicted molar refractivity (Wildman–Crippen MR) is 150 cm³/mol. The minimum atomic E-state index is 0.419. The van der Waals surface area contributed by atoms with Crippen molar-refractivity contribution in [3.05, 3.63) is 125 Å². The lowest BCUT2D eigenvalue weighted by molar-refractivity contribution is -0.109. The number of hydrogen-bond acceptors (Lipinski definition) is 4. The fourth-order valence-electron chi connectivity index (χ4n) is 4.90. The van der Waals surface area contributed by atoms with Crippen LogP contribution < -0.4 is 5.32 Å². The Hall–Kier alpha value is -4.21. The minimum Gasteiger partial charge on any atom is -0.358 e. The van der Waals surface area contributed by atoms with Gasteiger partial charge in [0.15, 0.2) is 0 Å². The van der Waals surface area contributed by atoms with E-state index in [1.807, 2.05) is 16.7 Å². The van der Waals surface area contributed by atoms with Crippen LogP contribution in [0.3, 0.4) is 0 Å². The van der Waals surface area contributed by atoms with Crippen LogP contribution in [-0.4, -0.2) is 40.5 Å². The van der Waals surface area contributed by atoms with E-state index in [0.29, 0.717) is 31.1 Å². The number of imidazole rings is 1. The molecule has 1 N–H and O–H groups in total. The fraction of sp³-hybridized carbons (Fsp3) is 0.281. The molecule has 3 aromatic carbocycles. The number of amides is 1. The maximum Gasteiger partial charge on any atom is 0.207 e. The molecule has 6 heteroatoms. The van der Waals surface area contributed by atoms with Gasteiger partial charge in [0, 0.05) is 31.4 Å². The third kappa shape index (κ3) is 7.64. The van der Waals surface area contributed by atoms with Crippen LogP contribution in [0.15, 0.2) is 97.5 Å². The Morgan fingerprint density at radius 1 is 0.895 bits per heavy atom. The summed E-state index contributed by atoms with van der Waals surface area (Å²) < 4.78 is 2.04. The van der Waals surface area contributed by atoms with Crippen molar-refractivity contribution in [3.63, 3.8) is 0 Å². The van der Waals surface area contributed by atoms with Gasteiger partial charge in [-0.15, -0.1) is 0 Å². The Morgan fingerprint density at radius 3 is 2.11 bits per heavy atom. The van der Waals surface area contributed by atoms with E-state index in [2.05, 4.69) is 81.9 Å². The number of nitrogens with zero attached hydrogens (tertiary/aromatic N) is 4. The first-order valence-electron chi connectivity index (χ1n) is 13.3. The summed E-state index contributed by atoms with van der Waals surface area (Å²) in [6.07, 6.45) is 9.06. The highest BCUT2D eigenvalue weighted by molar-refractivity contribution is 5.45. The molecule has 0 saturated carbocycles. The van der Waals surface area contributed by atoms with Crippen LogP contribution in [0.25, 0.3) is 0 Å². The molecule has 1 saturated heterocycles. The molecular formula is C32H35N5O. The van der Waals surface area contributed by atoms with Gasteiger partial charge in [0.05, 0.1) is 24.0 Å². The SMILES string of the molecule is N#Cc1ccc(Cn2cncc2CCNC=O)cc1.c1ccc(C(c2ccccc2)N2CCCCC2)cc1. The van der Waals surface area contributed by atoms with E-state index in [-0.39, 0.29) is 0 Å². The average Bonchev–Trinajstić information content (AvgIpc) is 3.42. The van der Waals surface area contributed by atoms with Gasteiger partial charge < -0.3 is 9.88 Å². The molecule has 194 valence electrons. The van der Waals surface area contributed by atoms with Crippen molar-refractivity contribution in [3.8, 4) is 6.07 Å². The summed E-state index contributed by atoms with van der Waals surface area (Å²) in [6, 6.07) is 31.8. The molecule has 0 bridgehead atoms. The maximum atomic E-state index is 10.2. The molecule has 1 amide bonds. The molecule has 4 aromatic rings. The number of nitriles is 1. The highest BCUT2D eigenvalue weighted by Gasteiger charge is 2.23. The lowest BCUT2D eigenvalue weighted by atomic mass is 9.95. The van der Waals surface area contributed by atoms with E-state index in [1.165, 1.54) is 43.5 Å². The van der Waals surface area contributed by atoms with Crippen molar-refractivity contribution in [2.24, 2.45) is 0 Å². The number of hydrogen-bond donors (Lipinski definition) is 1. The third-order valence-corrected chi connectivity index (χ3v) is 6.83. The van der Waals surface area contributed by atoms with E-state index >= 15 is 0 Å². The Kier molecular flexibility index (Phi) is 10.2. The summed E-state index contributed by atoms with van der Waals surface area (Å²) in [6.45, 7) is 3.74. The molecule has 0 aliphatic carbocycles. The molecule has 6 nitrogen and oxygen atoms in total. The number of nitrogens with one attached hydrogen (secondary N) is 1. The van der Waals surface area contributed by atoms with Crippen molar-refractivity contribution in [1.82, 2.24) is 19.8 Å². The quantitative estimate of drug-likeness (QED) is 0.246. The Labute approximate surface area is 225 Å². The first-order valence-corrected chi connectivity index (χ1v) is 13.3. The number of rotatable bonds is 9. The van der Waals surface area contributed by atoms with E-state index in [9.17, 15) is 4.79 Å². The second-order valence-electron chi connectivity index (χ2n) is 9.46. The number of benzene rings is 3. The van der Waals surface area contributed by atoms with Gasteiger partial charge in [-0.3, -0.25) is 9.69 Å². The zero-order chi connectivity index (χ0) is 26.4. The average molecular weight is 506 g/mol. The van der Waals surface area contributed by atoms with Gasteiger partial charge in [-0.1, -0.05) is 79.2 Å². The molecule has 5 rings (SSSR count). The van der Waals surface area contributed by atoms with Crippen molar-refractivity contribution in [1.29, 1.82) is 5.26 Å². The summed E-state index contributed by atoms with van der Waals surface area (Å²) in [4.78, 5) is 17.0. The van der Waals surface area contributed by atoms with Crippen LogP contribution in [0.1, 0.15) is 53.3 Å². The van der Waals surface area contributed by atoms with E-state index in [0.717, 1.165) is 17.7 Å². The van der Waals surface area contributed by atoms with Crippen LogP contribution in [0.2, 0.25) is 0 Å². The lowest BCUT2D eigenvalue weighted by Crippen LogP contribution is -2.34. The smallest absolute Gasteiger partial charge is 0.207 e. The largest absolute Gasteiger partial charge is 0.358 e. The van der Waals surface area contributed by atoms with Gasteiger partial charge in [0.25, 0.3) is 0 Å². The molecule has 0 atom stereocenters. The molecule has 1 fully saturated rings. The van der Waals surface area contributed by atoms with Crippen LogP contribution in [0, 0.1) is 11.3 Å². The predicted octanol–water partition coefficient (Wildman–Crippen LogP) is 5.35.